The third-order valence-corrected chi connectivity index (χ3v) is 5.01. The predicted octanol–water partition coefficient (Wildman–Crippen LogP) is 2.52. The Labute approximate surface area is 149 Å². The van der Waals surface area contributed by atoms with E-state index in [0.717, 1.165) is 18.4 Å². The molecule has 1 aromatic carbocycles. The van der Waals surface area contributed by atoms with Gasteiger partial charge in [0.15, 0.2) is 0 Å². The number of hydrogen-bond donors (Lipinski definition) is 2. The van der Waals surface area contributed by atoms with E-state index in [-0.39, 0.29) is 28.9 Å². The van der Waals surface area contributed by atoms with Crippen LogP contribution in [0.2, 0.25) is 0 Å². The third kappa shape index (κ3) is 3.90. The van der Waals surface area contributed by atoms with Crippen molar-refractivity contribution in [3.05, 3.63) is 53.1 Å². The molecule has 3 rings (SSSR count). The second kappa shape index (κ2) is 7.25. The molecule has 0 saturated heterocycles. The van der Waals surface area contributed by atoms with Crippen LogP contribution in [0.4, 0.5) is 5.82 Å². The number of amides is 1. The maximum absolute atomic E-state index is 12.7. The molecule has 1 aliphatic rings. The van der Waals surface area contributed by atoms with Crippen LogP contribution in [-0.2, 0) is 4.79 Å². The van der Waals surface area contributed by atoms with Crippen molar-refractivity contribution in [2.45, 2.75) is 29.2 Å². The SMILES string of the molecule is N#Cc1cc(C#N)c(S[C@@H](C(=O)NC2CC2)c2ccccc2)nc1N. The number of pyridine rings is 1. The average Bonchev–Trinajstić information content (AvgIpc) is 3.44. The smallest absolute Gasteiger partial charge is 0.238 e. The fourth-order valence-electron chi connectivity index (χ4n) is 2.29. The highest BCUT2D eigenvalue weighted by atomic mass is 32.2. The summed E-state index contributed by atoms with van der Waals surface area (Å²) in [6, 6.07) is 14.9. The molecule has 0 bridgehead atoms. The number of rotatable bonds is 5. The Morgan fingerprint density at radius 1 is 1.24 bits per heavy atom. The molecule has 0 aliphatic heterocycles. The Balaban J connectivity index is 1.95. The lowest BCUT2D eigenvalue weighted by atomic mass is 10.1. The van der Waals surface area contributed by atoms with Gasteiger partial charge in [-0.1, -0.05) is 42.1 Å². The van der Waals surface area contributed by atoms with E-state index in [9.17, 15) is 10.1 Å². The van der Waals surface area contributed by atoms with Crippen molar-refractivity contribution in [1.82, 2.24) is 10.3 Å². The number of carbonyl (C=O) groups is 1. The zero-order valence-electron chi connectivity index (χ0n) is 13.3. The molecule has 0 unspecified atom stereocenters. The van der Waals surface area contributed by atoms with Gasteiger partial charge in [0.1, 0.15) is 28.2 Å². The number of nitriles is 2. The lowest BCUT2D eigenvalue weighted by molar-refractivity contribution is -0.120. The maximum Gasteiger partial charge on any atom is 0.238 e. The van der Waals surface area contributed by atoms with Gasteiger partial charge in [-0.25, -0.2) is 4.98 Å². The van der Waals surface area contributed by atoms with Crippen molar-refractivity contribution in [2.75, 3.05) is 5.73 Å². The van der Waals surface area contributed by atoms with Gasteiger partial charge >= 0.3 is 0 Å². The number of benzene rings is 1. The van der Waals surface area contributed by atoms with Crippen molar-refractivity contribution < 1.29 is 4.79 Å². The second-order valence-corrected chi connectivity index (χ2v) is 6.78. The van der Waals surface area contributed by atoms with Gasteiger partial charge < -0.3 is 11.1 Å². The number of anilines is 1. The van der Waals surface area contributed by atoms with Crippen LogP contribution in [0.15, 0.2) is 41.4 Å². The van der Waals surface area contributed by atoms with Crippen LogP contribution in [0.1, 0.15) is 34.8 Å². The van der Waals surface area contributed by atoms with Crippen LogP contribution in [0.3, 0.4) is 0 Å². The molecule has 6 nitrogen and oxygen atoms in total. The van der Waals surface area contributed by atoms with Gasteiger partial charge in [0, 0.05) is 6.04 Å². The molecule has 1 fully saturated rings. The summed E-state index contributed by atoms with van der Waals surface area (Å²) in [6.07, 6.45) is 1.98. The number of nitrogens with two attached hydrogens (primary N) is 1. The van der Waals surface area contributed by atoms with E-state index in [2.05, 4.69) is 10.3 Å². The highest BCUT2D eigenvalue weighted by Crippen LogP contribution is 2.37. The highest BCUT2D eigenvalue weighted by Gasteiger charge is 2.30. The van der Waals surface area contributed by atoms with Gasteiger partial charge in [0.25, 0.3) is 0 Å². The third-order valence-electron chi connectivity index (χ3n) is 3.75. The zero-order chi connectivity index (χ0) is 17.8. The molecular weight excluding hydrogens is 334 g/mol. The van der Waals surface area contributed by atoms with Gasteiger partial charge in [-0.2, -0.15) is 10.5 Å². The number of nitrogens with one attached hydrogen (secondary N) is 1. The lowest BCUT2D eigenvalue weighted by Crippen LogP contribution is -2.29. The summed E-state index contributed by atoms with van der Waals surface area (Å²) in [7, 11) is 0. The first kappa shape index (κ1) is 16.8. The molecule has 1 saturated carbocycles. The van der Waals surface area contributed by atoms with E-state index in [4.69, 9.17) is 11.0 Å². The highest BCUT2D eigenvalue weighted by molar-refractivity contribution is 8.00. The average molecular weight is 349 g/mol. The van der Waals surface area contributed by atoms with Crippen LogP contribution in [0.25, 0.3) is 0 Å². The summed E-state index contributed by atoms with van der Waals surface area (Å²) in [5.41, 5.74) is 6.98. The summed E-state index contributed by atoms with van der Waals surface area (Å²) in [5.74, 6) is -0.0641. The number of aromatic nitrogens is 1. The standard InChI is InChI=1S/C18H15N5OS/c19-9-12-8-13(10-20)18(23-16(12)21)25-15(11-4-2-1-3-5-11)17(24)22-14-6-7-14/h1-5,8,14-15H,6-7H2,(H2,21,23)(H,22,24)/t15-/m1/s1. The summed E-state index contributed by atoms with van der Waals surface area (Å²) in [4.78, 5) is 16.9. The first-order chi connectivity index (χ1) is 12.1. The van der Waals surface area contributed by atoms with Gasteiger partial charge in [0.05, 0.1) is 11.1 Å². The number of nitrogens with zero attached hydrogens (tertiary/aromatic N) is 3. The van der Waals surface area contributed by atoms with Gasteiger partial charge in [-0.05, 0) is 24.5 Å². The maximum atomic E-state index is 12.7. The molecule has 3 N–H and O–H groups in total. The van der Waals surface area contributed by atoms with Crippen LogP contribution < -0.4 is 11.1 Å². The summed E-state index contributed by atoms with van der Waals surface area (Å²) < 4.78 is 0. The minimum atomic E-state index is -0.547. The molecule has 0 spiro atoms. The van der Waals surface area contributed by atoms with Crippen LogP contribution in [0, 0.1) is 22.7 Å². The first-order valence-electron chi connectivity index (χ1n) is 7.75. The summed E-state index contributed by atoms with van der Waals surface area (Å²) in [6.45, 7) is 0. The molecular formula is C18H15N5OS. The van der Waals surface area contributed by atoms with Crippen molar-refractivity contribution in [1.29, 1.82) is 10.5 Å². The second-order valence-electron chi connectivity index (χ2n) is 5.69. The first-order valence-corrected chi connectivity index (χ1v) is 8.63. The normalized spacial score (nSPS) is 14.2. The van der Waals surface area contributed by atoms with Crippen LogP contribution >= 0.6 is 11.8 Å². The number of carbonyl (C=O) groups excluding carboxylic acids is 1. The minimum absolute atomic E-state index is 0.0541. The van der Waals surface area contributed by atoms with Gasteiger partial charge in [0.2, 0.25) is 5.91 Å². The fourth-order valence-corrected chi connectivity index (χ4v) is 3.36. The molecule has 7 heteroatoms. The Morgan fingerprint density at radius 3 is 2.52 bits per heavy atom. The van der Waals surface area contributed by atoms with Crippen molar-refractivity contribution in [3.8, 4) is 12.1 Å². The quantitative estimate of drug-likeness (QED) is 0.801. The Morgan fingerprint density at radius 2 is 1.92 bits per heavy atom. The largest absolute Gasteiger partial charge is 0.383 e. The van der Waals surface area contributed by atoms with E-state index in [1.807, 2.05) is 42.5 Å². The molecule has 1 heterocycles. The summed E-state index contributed by atoms with van der Waals surface area (Å²) in [5, 5.41) is 21.2. The Bertz CT molecular complexity index is 881. The molecule has 1 aliphatic carbocycles. The van der Waals surface area contributed by atoms with Crippen LogP contribution in [0.5, 0.6) is 0 Å². The van der Waals surface area contributed by atoms with E-state index in [0.29, 0.717) is 5.03 Å². The zero-order valence-corrected chi connectivity index (χ0v) is 14.1. The van der Waals surface area contributed by atoms with Crippen molar-refractivity contribution in [3.63, 3.8) is 0 Å². The Hall–Kier alpha value is -3.03. The summed E-state index contributed by atoms with van der Waals surface area (Å²) >= 11 is 1.17. The molecule has 1 aromatic heterocycles. The molecule has 2 aromatic rings. The van der Waals surface area contributed by atoms with Crippen molar-refractivity contribution in [2.24, 2.45) is 0 Å². The van der Waals surface area contributed by atoms with Gasteiger partial charge in [-0.3, -0.25) is 4.79 Å². The number of hydrogen-bond acceptors (Lipinski definition) is 6. The molecule has 1 atom stereocenters. The number of nitrogen functional groups attached to an aromatic ring is 1. The molecule has 0 radical (unpaired) electrons. The van der Waals surface area contributed by atoms with Gasteiger partial charge in [-0.15, -0.1) is 0 Å². The van der Waals surface area contributed by atoms with Crippen LogP contribution in [-0.4, -0.2) is 16.9 Å². The lowest BCUT2D eigenvalue weighted by Gasteiger charge is -2.17. The topological polar surface area (TPSA) is 116 Å². The molecule has 124 valence electrons. The predicted molar refractivity (Wildman–Crippen MR) is 94.3 cm³/mol. The van der Waals surface area contributed by atoms with Crippen molar-refractivity contribution >= 4 is 23.5 Å². The minimum Gasteiger partial charge on any atom is -0.383 e. The Kier molecular flexibility index (Phi) is 4.87. The number of thioether (sulfide) groups is 1. The fraction of sp³-hybridized carbons (Fsp3) is 0.222. The molecule has 1 amide bonds. The van der Waals surface area contributed by atoms with E-state index >= 15 is 0 Å². The van der Waals surface area contributed by atoms with E-state index < -0.39 is 5.25 Å². The molecule has 25 heavy (non-hydrogen) atoms. The van der Waals surface area contributed by atoms with E-state index in [1.165, 1.54) is 17.8 Å². The van der Waals surface area contributed by atoms with E-state index in [1.54, 1.807) is 0 Å². The monoisotopic (exact) mass is 349 g/mol.